The van der Waals surface area contributed by atoms with Crippen LogP contribution < -0.4 is 0 Å². The van der Waals surface area contributed by atoms with E-state index in [0.29, 0.717) is 26.2 Å². The minimum Gasteiger partial charge on any atom is -0.481 e. The average Bonchev–Trinajstić information content (AvgIpc) is 2.51. The highest BCUT2D eigenvalue weighted by Gasteiger charge is 2.28. The molecule has 0 aliphatic carbocycles. The number of aliphatic carboxylic acids is 1. The van der Waals surface area contributed by atoms with E-state index in [1.165, 1.54) is 0 Å². The molecule has 0 radical (unpaired) electrons. The van der Waals surface area contributed by atoms with Crippen LogP contribution in [-0.2, 0) is 16.1 Å². The molecule has 1 amide bonds. The molecule has 1 N–H and O–H groups in total. The quantitative estimate of drug-likeness (QED) is 0.898. The first-order chi connectivity index (χ1) is 10.6. The molecule has 1 fully saturated rings. The third kappa shape index (κ3) is 4.73. The van der Waals surface area contributed by atoms with Crippen LogP contribution in [0, 0.1) is 0 Å². The second kappa shape index (κ2) is 7.79. The molecule has 1 unspecified atom stereocenters. The Labute approximate surface area is 130 Å². The van der Waals surface area contributed by atoms with Crippen molar-refractivity contribution >= 4 is 12.1 Å². The highest BCUT2D eigenvalue weighted by molar-refractivity contribution is 5.68. The molecular weight excluding hydrogens is 284 g/mol. The van der Waals surface area contributed by atoms with E-state index in [9.17, 15) is 9.59 Å². The van der Waals surface area contributed by atoms with Crippen molar-refractivity contribution in [3.05, 3.63) is 35.9 Å². The van der Waals surface area contributed by atoms with Gasteiger partial charge in [-0.2, -0.15) is 0 Å². The van der Waals surface area contributed by atoms with Gasteiger partial charge in [-0.25, -0.2) is 4.79 Å². The zero-order valence-corrected chi connectivity index (χ0v) is 12.8. The summed E-state index contributed by atoms with van der Waals surface area (Å²) in [5, 5.41) is 8.72. The van der Waals surface area contributed by atoms with E-state index in [2.05, 4.69) is 4.90 Å². The van der Waals surface area contributed by atoms with Gasteiger partial charge >= 0.3 is 12.1 Å². The fourth-order valence-electron chi connectivity index (χ4n) is 2.56. The van der Waals surface area contributed by atoms with E-state index in [-0.39, 0.29) is 25.2 Å². The SMILES string of the molecule is CC1CN(CCC(=O)O)CCN1C(=O)OCc1ccccc1. The summed E-state index contributed by atoms with van der Waals surface area (Å²) in [4.78, 5) is 26.5. The summed E-state index contributed by atoms with van der Waals surface area (Å²) in [5.41, 5.74) is 0.962. The fraction of sp³-hybridized carbons (Fsp3) is 0.500. The Bertz CT molecular complexity index is 506. The molecule has 1 aliphatic heterocycles. The number of carbonyl (C=O) groups excluding carboxylic acids is 1. The summed E-state index contributed by atoms with van der Waals surface area (Å²) in [6, 6.07) is 9.59. The van der Waals surface area contributed by atoms with Crippen molar-refractivity contribution in [1.29, 1.82) is 0 Å². The average molecular weight is 306 g/mol. The summed E-state index contributed by atoms with van der Waals surface area (Å²) < 4.78 is 5.35. The van der Waals surface area contributed by atoms with E-state index in [4.69, 9.17) is 9.84 Å². The van der Waals surface area contributed by atoms with E-state index >= 15 is 0 Å². The van der Waals surface area contributed by atoms with Crippen LogP contribution in [0.1, 0.15) is 18.9 Å². The van der Waals surface area contributed by atoms with Crippen LogP contribution >= 0.6 is 0 Å². The molecule has 1 aromatic rings. The predicted molar refractivity (Wildman–Crippen MR) is 81.5 cm³/mol. The molecule has 6 nitrogen and oxygen atoms in total. The van der Waals surface area contributed by atoms with E-state index in [0.717, 1.165) is 5.56 Å². The zero-order valence-electron chi connectivity index (χ0n) is 12.8. The number of carboxylic acids is 1. The molecule has 6 heteroatoms. The Kier molecular flexibility index (Phi) is 5.77. The molecule has 0 spiro atoms. The number of nitrogens with zero attached hydrogens (tertiary/aromatic N) is 2. The van der Waals surface area contributed by atoms with Crippen molar-refractivity contribution in [2.24, 2.45) is 0 Å². The standard InChI is InChI=1S/C16H22N2O4/c1-13-11-17(8-7-15(19)20)9-10-18(13)16(21)22-12-14-5-3-2-4-6-14/h2-6,13H,7-12H2,1H3,(H,19,20). The summed E-state index contributed by atoms with van der Waals surface area (Å²) in [5.74, 6) is -0.794. The number of carboxylic acid groups (broad SMARTS) is 1. The smallest absolute Gasteiger partial charge is 0.410 e. The lowest BCUT2D eigenvalue weighted by Gasteiger charge is -2.38. The van der Waals surface area contributed by atoms with Crippen LogP contribution in [0.25, 0.3) is 0 Å². The minimum absolute atomic E-state index is 0.0193. The molecule has 1 aromatic carbocycles. The van der Waals surface area contributed by atoms with Gasteiger partial charge in [0.1, 0.15) is 6.61 Å². The second-order valence-electron chi connectivity index (χ2n) is 5.53. The number of benzene rings is 1. The summed E-state index contributed by atoms with van der Waals surface area (Å²) in [6.07, 6.45) is -0.181. The van der Waals surface area contributed by atoms with Crippen molar-refractivity contribution in [2.75, 3.05) is 26.2 Å². The number of ether oxygens (including phenoxy) is 1. The third-order valence-corrected chi connectivity index (χ3v) is 3.79. The van der Waals surface area contributed by atoms with Crippen LogP contribution in [0.3, 0.4) is 0 Å². The van der Waals surface area contributed by atoms with E-state index < -0.39 is 5.97 Å². The Morgan fingerprint density at radius 2 is 2.00 bits per heavy atom. The zero-order chi connectivity index (χ0) is 15.9. The largest absolute Gasteiger partial charge is 0.481 e. The topological polar surface area (TPSA) is 70.1 Å². The van der Waals surface area contributed by atoms with Crippen molar-refractivity contribution in [1.82, 2.24) is 9.80 Å². The van der Waals surface area contributed by atoms with Gasteiger partial charge in [0.05, 0.1) is 6.42 Å². The highest BCUT2D eigenvalue weighted by Crippen LogP contribution is 2.12. The maximum absolute atomic E-state index is 12.1. The van der Waals surface area contributed by atoms with Gasteiger partial charge in [0, 0.05) is 32.2 Å². The molecule has 0 saturated carbocycles. The molecule has 0 bridgehead atoms. The van der Waals surface area contributed by atoms with Gasteiger partial charge in [0.15, 0.2) is 0 Å². The van der Waals surface area contributed by atoms with Gasteiger partial charge in [-0.15, -0.1) is 0 Å². The monoisotopic (exact) mass is 306 g/mol. The second-order valence-corrected chi connectivity index (χ2v) is 5.53. The molecular formula is C16H22N2O4. The first kappa shape index (κ1) is 16.3. The molecule has 22 heavy (non-hydrogen) atoms. The van der Waals surface area contributed by atoms with Crippen molar-refractivity contribution in [3.63, 3.8) is 0 Å². The predicted octanol–water partition coefficient (Wildman–Crippen LogP) is 1.80. The number of amides is 1. The molecule has 1 atom stereocenters. The molecule has 120 valence electrons. The molecule has 0 aromatic heterocycles. The van der Waals surface area contributed by atoms with Crippen LogP contribution in [0.4, 0.5) is 4.79 Å². The normalized spacial score (nSPS) is 19.0. The first-order valence-electron chi connectivity index (χ1n) is 7.47. The lowest BCUT2D eigenvalue weighted by molar-refractivity contribution is -0.137. The van der Waals surface area contributed by atoms with Gasteiger partial charge < -0.3 is 14.7 Å². The maximum Gasteiger partial charge on any atom is 0.410 e. The molecule has 1 saturated heterocycles. The Morgan fingerprint density at radius 3 is 2.64 bits per heavy atom. The van der Waals surface area contributed by atoms with Gasteiger partial charge in [-0.3, -0.25) is 9.69 Å². The van der Waals surface area contributed by atoms with Gasteiger partial charge in [-0.05, 0) is 12.5 Å². The maximum atomic E-state index is 12.1. The third-order valence-electron chi connectivity index (χ3n) is 3.79. The number of rotatable bonds is 5. The molecule has 2 rings (SSSR count). The lowest BCUT2D eigenvalue weighted by Crippen LogP contribution is -2.54. The van der Waals surface area contributed by atoms with Crippen LogP contribution in [0.2, 0.25) is 0 Å². The van der Waals surface area contributed by atoms with Gasteiger partial charge in [0.2, 0.25) is 0 Å². The van der Waals surface area contributed by atoms with Crippen molar-refractivity contribution in [3.8, 4) is 0 Å². The molecule has 1 heterocycles. The number of carbonyl (C=O) groups is 2. The molecule has 1 aliphatic rings. The summed E-state index contributed by atoms with van der Waals surface area (Å²) >= 11 is 0. The fourth-order valence-corrected chi connectivity index (χ4v) is 2.56. The summed E-state index contributed by atoms with van der Waals surface area (Å²) in [6.45, 7) is 4.66. The summed E-state index contributed by atoms with van der Waals surface area (Å²) in [7, 11) is 0. The van der Waals surface area contributed by atoms with Crippen LogP contribution in [0.5, 0.6) is 0 Å². The number of piperazine rings is 1. The van der Waals surface area contributed by atoms with Gasteiger partial charge in [0.25, 0.3) is 0 Å². The van der Waals surface area contributed by atoms with Crippen LogP contribution in [-0.4, -0.2) is 59.2 Å². The Morgan fingerprint density at radius 1 is 1.27 bits per heavy atom. The van der Waals surface area contributed by atoms with Crippen LogP contribution in [0.15, 0.2) is 30.3 Å². The highest BCUT2D eigenvalue weighted by atomic mass is 16.6. The van der Waals surface area contributed by atoms with Gasteiger partial charge in [-0.1, -0.05) is 30.3 Å². The Balaban J connectivity index is 1.78. The van der Waals surface area contributed by atoms with E-state index in [1.807, 2.05) is 37.3 Å². The minimum atomic E-state index is -0.794. The van der Waals surface area contributed by atoms with E-state index in [1.54, 1.807) is 4.90 Å². The first-order valence-corrected chi connectivity index (χ1v) is 7.47. The van der Waals surface area contributed by atoms with Crippen molar-refractivity contribution < 1.29 is 19.4 Å². The number of hydrogen-bond acceptors (Lipinski definition) is 4. The number of hydrogen-bond donors (Lipinski definition) is 1. The lowest BCUT2D eigenvalue weighted by atomic mass is 10.2. The Hall–Kier alpha value is -2.08. The van der Waals surface area contributed by atoms with Crippen molar-refractivity contribution in [2.45, 2.75) is 26.0 Å².